The lowest BCUT2D eigenvalue weighted by Gasteiger charge is -2.29. The van der Waals surface area contributed by atoms with Crippen LogP contribution >= 0.6 is 0 Å². The number of anilines is 1. The van der Waals surface area contributed by atoms with Crippen molar-refractivity contribution < 1.29 is 4.79 Å². The molecule has 98 valence electrons. The number of aromatic nitrogens is 1. The van der Waals surface area contributed by atoms with Gasteiger partial charge in [0, 0.05) is 25.3 Å². The number of likely N-dealkylation sites (N-methyl/N-ethyl adjacent to an activating group) is 1. The van der Waals surface area contributed by atoms with Gasteiger partial charge in [-0.15, -0.1) is 0 Å². The molecule has 0 amide bonds. The maximum Gasteiger partial charge on any atom is 0.163 e. The second kappa shape index (κ2) is 5.48. The third kappa shape index (κ3) is 2.70. The SMILES string of the molecule is CC(=O)c1cccnc1N1CCCC1CN(C)C. The summed E-state index contributed by atoms with van der Waals surface area (Å²) in [7, 11) is 4.17. The predicted octanol–water partition coefficient (Wildman–Crippen LogP) is 1.81. The van der Waals surface area contributed by atoms with Crippen molar-refractivity contribution in [1.82, 2.24) is 9.88 Å². The standard InChI is InChI=1S/C14H21N3O/c1-11(18)13-7-4-8-15-14(13)17-9-5-6-12(17)10-16(2)3/h4,7-8,12H,5-6,9-10H2,1-3H3. The number of hydrogen-bond acceptors (Lipinski definition) is 4. The first-order valence-corrected chi connectivity index (χ1v) is 6.47. The number of nitrogens with zero attached hydrogens (tertiary/aromatic N) is 3. The largest absolute Gasteiger partial charge is 0.352 e. The molecule has 1 aromatic heterocycles. The van der Waals surface area contributed by atoms with E-state index < -0.39 is 0 Å². The number of carbonyl (C=O) groups is 1. The molecule has 1 atom stereocenters. The fraction of sp³-hybridized carbons (Fsp3) is 0.571. The van der Waals surface area contributed by atoms with Gasteiger partial charge in [-0.3, -0.25) is 4.79 Å². The minimum atomic E-state index is 0.0913. The molecule has 0 radical (unpaired) electrons. The summed E-state index contributed by atoms with van der Waals surface area (Å²) >= 11 is 0. The average Bonchev–Trinajstić information content (AvgIpc) is 2.76. The smallest absolute Gasteiger partial charge is 0.163 e. The van der Waals surface area contributed by atoms with Crippen molar-refractivity contribution in [3.05, 3.63) is 23.9 Å². The van der Waals surface area contributed by atoms with E-state index in [0.29, 0.717) is 6.04 Å². The van der Waals surface area contributed by atoms with E-state index in [1.807, 2.05) is 12.1 Å². The first kappa shape index (κ1) is 13.0. The monoisotopic (exact) mass is 247 g/mol. The molecule has 4 heteroatoms. The fourth-order valence-electron chi connectivity index (χ4n) is 2.63. The van der Waals surface area contributed by atoms with Gasteiger partial charge < -0.3 is 9.80 Å². The van der Waals surface area contributed by atoms with E-state index in [-0.39, 0.29) is 5.78 Å². The second-order valence-corrected chi connectivity index (χ2v) is 5.18. The summed E-state index contributed by atoms with van der Waals surface area (Å²) in [6, 6.07) is 4.17. The highest BCUT2D eigenvalue weighted by molar-refractivity contribution is 5.98. The number of hydrogen-bond donors (Lipinski definition) is 0. The van der Waals surface area contributed by atoms with E-state index in [9.17, 15) is 4.79 Å². The van der Waals surface area contributed by atoms with Crippen LogP contribution in [-0.2, 0) is 0 Å². The van der Waals surface area contributed by atoms with E-state index >= 15 is 0 Å². The predicted molar refractivity (Wildman–Crippen MR) is 73.2 cm³/mol. The third-order valence-electron chi connectivity index (χ3n) is 3.39. The van der Waals surface area contributed by atoms with Crippen LogP contribution in [0.1, 0.15) is 30.1 Å². The molecule has 0 aliphatic carbocycles. The molecule has 0 spiro atoms. The zero-order valence-corrected chi connectivity index (χ0v) is 11.4. The van der Waals surface area contributed by atoms with Gasteiger partial charge in [-0.2, -0.15) is 0 Å². The fourth-order valence-corrected chi connectivity index (χ4v) is 2.63. The maximum atomic E-state index is 11.7. The van der Waals surface area contributed by atoms with Gasteiger partial charge in [-0.1, -0.05) is 0 Å². The Morgan fingerprint density at radius 1 is 1.56 bits per heavy atom. The van der Waals surface area contributed by atoms with Gasteiger partial charge in [0.05, 0.1) is 5.56 Å². The van der Waals surface area contributed by atoms with Crippen LogP contribution in [0.5, 0.6) is 0 Å². The number of ketones is 1. The zero-order chi connectivity index (χ0) is 13.1. The molecule has 1 unspecified atom stereocenters. The van der Waals surface area contributed by atoms with Crippen LogP contribution in [0.4, 0.5) is 5.82 Å². The average molecular weight is 247 g/mol. The Kier molecular flexibility index (Phi) is 3.97. The molecule has 1 fully saturated rings. The first-order valence-electron chi connectivity index (χ1n) is 6.47. The van der Waals surface area contributed by atoms with Crippen LogP contribution in [-0.4, -0.2) is 48.9 Å². The van der Waals surface area contributed by atoms with E-state index in [1.165, 1.54) is 12.8 Å². The summed E-state index contributed by atoms with van der Waals surface area (Å²) in [5.74, 6) is 0.947. The Morgan fingerprint density at radius 3 is 3.00 bits per heavy atom. The Labute approximate surface area is 109 Å². The molecule has 0 N–H and O–H groups in total. The Morgan fingerprint density at radius 2 is 2.33 bits per heavy atom. The lowest BCUT2D eigenvalue weighted by Crippen LogP contribution is -2.38. The molecule has 0 bridgehead atoms. The molecule has 2 heterocycles. The highest BCUT2D eigenvalue weighted by atomic mass is 16.1. The van der Waals surface area contributed by atoms with Crippen LogP contribution < -0.4 is 4.90 Å². The second-order valence-electron chi connectivity index (χ2n) is 5.18. The van der Waals surface area contributed by atoms with Crippen LogP contribution in [0.2, 0.25) is 0 Å². The molecule has 1 aliphatic heterocycles. The molecular weight excluding hydrogens is 226 g/mol. The highest BCUT2D eigenvalue weighted by Gasteiger charge is 2.28. The topological polar surface area (TPSA) is 36.4 Å². The zero-order valence-electron chi connectivity index (χ0n) is 11.4. The summed E-state index contributed by atoms with van der Waals surface area (Å²) in [5.41, 5.74) is 0.739. The number of carbonyl (C=O) groups excluding carboxylic acids is 1. The van der Waals surface area contributed by atoms with E-state index in [1.54, 1.807) is 13.1 Å². The molecule has 0 aromatic carbocycles. The molecule has 2 rings (SSSR count). The summed E-state index contributed by atoms with van der Waals surface area (Å²) < 4.78 is 0. The summed E-state index contributed by atoms with van der Waals surface area (Å²) in [6.45, 7) is 3.61. The molecular formula is C14H21N3O. The first-order chi connectivity index (χ1) is 8.59. The van der Waals surface area contributed by atoms with E-state index in [4.69, 9.17) is 0 Å². The lowest BCUT2D eigenvalue weighted by atomic mass is 10.1. The van der Waals surface area contributed by atoms with Gasteiger partial charge in [-0.05, 0) is 46.0 Å². The van der Waals surface area contributed by atoms with Gasteiger partial charge in [0.15, 0.2) is 5.78 Å². The van der Waals surface area contributed by atoms with Crippen molar-refractivity contribution in [2.75, 3.05) is 32.1 Å². The van der Waals surface area contributed by atoms with Crippen LogP contribution in [0.25, 0.3) is 0 Å². The van der Waals surface area contributed by atoms with Crippen LogP contribution in [0.3, 0.4) is 0 Å². The summed E-state index contributed by atoms with van der Waals surface area (Å²) in [6.07, 6.45) is 4.12. The Hall–Kier alpha value is -1.42. The Bertz CT molecular complexity index is 431. The Balaban J connectivity index is 2.27. The van der Waals surface area contributed by atoms with Crippen molar-refractivity contribution in [1.29, 1.82) is 0 Å². The number of pyridine rings is 1. The number of rotatable bonds is 4. The van der Waals surface area contributed by atoms with Crippen LogP contribution in [0, 0.1) is 0 Å². The molecule has 1 aliphatic rings. The van der Waals surface area contributed by atoms with Gasteiger partial charge in [0.2, 0.25) is 0 Å². The summed E-state index contributed by atoms with van der Waals surface area (Å²) in [5, 5.41) is 0. The van der Waals surface area contributed by atoms with E-state index in [0.717, 1.165) is 24.5 Å². The number of Topliss-reactive ketones (excluding diaryl/α,β-unsaturated/α-hetero) is 1. The van der Waals surface area contributed by atoms with Crippen molar-refractivity contribution in [2.45, 2.75) is 25.8 Å². The third-order valence-corrected chi connectivity index (χ3v) is 3.39. The molecule has 0 saturated carbocycles. The minimum absolute atomic E-state index is 0.0913. The normalized spacial score (nSPS) is 19.6. The molecule has 18 heavy (non-hydrogen) atoms. The highest BCUT2D eigenvalue weighted by Crippen LogP contribution is 2.27. The van der Waals surface area contributed by atoms with Crippen molar-refractivity contribution in [3.63, 3.8) is 0 Å². The molecule has 4 nitrogen and oxygen atoms in total. The molecule has 1 saturated heterocycles. The van der Waals surface area contributed by atoms with Gasteiger partial charge in [0.1, 0.15) is 5.82 Å². The maximum absolute atomic E-state index is 11.7. The van der Waals surface area contributed by atoms with Crippen molar-refractivity contribution >= 4 is 11.6 Å². The van der Waals surface area contributed by atoms with Gasteiger partial charge in [0.25, 0.3) is 0 Å². The van der Waals surface area contributed by atoms with Gasteiger partial charge in [-0.25, -0.2) is 4.98 Å². The molecule has 1 aromatic rings. The quantitative estimate of drug-likeness (QED) is 0.760. The van der Waals surface area contributed by atoms with Crippen LogP contribution in [0.15, 0.2) is 18.3 Å². The lowest BCUT2D eigenvalue weighted by molar-refractivity contribution is 0.101. The summed E-state index contributed by atoms with van der Waals surface area (Å²) in [4.78, 5) is 20.6. The van der Waals surface area contributed by atoms with Crippen molar-refractivity contribution in [3.8, 4) is 0 Å². The van der Waals surface area contributed by atoms with E-state index in [2.05, 4.69) is 28.9 Å². The van der Waals surface area contributed by atoms with Crippen molar-refractivity contribution in [2.24, 2.45) is 0 Å². The van der Waals surface area contributed by atoms with Gasteiger partial charge >= 0.3 is 0 Å². The minimum Gasteiger partial charge on any atom is -0.352 e.